The molecule has 0 radical (unpaired) electrons. The maximum Gasteiger partial charge on any atom is 0.128 e. The van der Waals surface area contributed by atoms with Gasteiger partial charge in [0.15, 0.2) is 0 Å². The molecule has 1 unspecified atom stereocenters. The van der Waals surface area contributed by atoms with Gasteiger partial charge in [0.25, 0.3) is 0 Å². The van der Waals surface area contributed by atoms with Gasteiger partial charge in [-0.1, -0.05) is 13.0 Å². The smallest absolute Gasteiger partial charge is 0.128 e. The van der Waals surface area contributed by atoms with Crippen molar-refractivity contribution in [2.75, 3.05) is 18.0 Å². The van der Waals surface area contributed by atoms with Gasteiger partial charge < -0.3 is 10.2 Å². The molecule has 18 heavy (non-hydrogen) atoms. The molecular formula is C15H23FN2. The topological polar surface area (TPSA) is 15.3 Å². The molecule has 100 valence electrons. The number of piperazine rings is 1. The minimum absolute atomic E-state index is 0.0764. The van der Waals surface area contributed by atoms with Crippen molar-refractivity contribution in [1.29, 1.82) is 0 Å². The van der Waals surface area contributed by atoms with Gasteiger partial charge in [-0.05, 0) is 44.9 Å². The predicted octanol–water partition coefficient (Wildman–Crippen LogP) is 3.10. The molecule has 1 saturated heterocycles. The summed E-state index contributed by atoms with van der Waals surface area (Å²) >= 11 is 0. The van der Waals surface area contributed by atoms with E-state index in [-0.39, 0.29) is 11.4 Å². The highest BCUT2D eigenvalue weighted by atomic mass is 19.1. The van der Waals surface area contributed by atoms with Gasteiger partial charge in [0.1, 0.15) is 5.82 Å². The van der Waals surface area contributed by atoms with E-state index >= 15 is 0 Å². The molecule has 2 rings (SSSR count). The van der Waals surface area contributed by atoms with E-state index in [1.54, 1.807) is 13.0 Å². The molecule has 1 N–H and O–H groups in total. The molecule has 3 heteroatoms. The largest absolute Gasteiger partial charge is 0.365 e. The van der Waals surface area contributed by atoms with Gasteiger partial charge in [0, 0.05) is 30.4 Å². The van der Waals surface area contributed by atoms with E-state index in [0.29, 0.717) is 11.6 Å². The van der Waals surface area contributed by atoms with E-state index in [1.165, 1.54) is 0 Å². The normalized spacial score (nSPS) is 23.2. The summed E-state index contributed by atoms with van der Waals surface area (Å²) in [4.78, 5) is 2.33. The summed E-state index contributed by atoms with van der Waals surface area (Å²) in [7, 11) is 0. The van der Waals surface area contributed by atoms with E-state index in [1.807, 2.05) is 12.1 Å². The van der Waals surface area contributed by atoms with E-state index in [2.05, 4.69) is 31.0 Å². The van der Waals surface area contributed by atoms with Crippen molar-refractivity contribution in [2.45, 2.75) is 45.7 Å². The number of hydrogen-bond acceptors (Lipinski definition) is 2. The van der Waals surface area contributed by atoms with Crippen LogP contribution in [0.1, 0.15) is 32.8 Å². The van der Waals surface area contributed by atoms with Gasteiger partial charge in [0.05, 0.1) is 0 Å². The average Bonchev–Trinajstić information content (AvgIpc) is 2.32. The molecule has 1 aromatic carbocycles. The van der Waals surface area contributed by atoms with Gasteiger partial charge in [-0.15, -0.1) is 0 Å². The second-order valence-electron chi connectivity index (χ2n) is 5.89. The summed E-state index contributed by atoms with van der Waals surface area (Å²) in [5, 5.41) is 3.55. The SMILES string of the molecule is CCC1CNC(C)(C)CN1c1ccc(C)c(F)c1. The molecule has 1 aromatic rings. The van der Waals surface area contributed by atoms with Crippen LogP contribution in [-0.2, 0) is 0 Å². The fourth-order valence-electron chi connectivity index (χ4n) is 2.54. The highest BCUT2D eigenvalue weighted by Crippen LogP contribution is 2.26. The van der Waals surface area contributed by atoms with E-state index in [0.717, 1.165) is 25.2 Å². The molecule has 2 nitrogen and oxygen atoms in total. The molecule has 0 saturated carbocycles. The minimum atomic E-state index is -0.112. The van der Waals surface area contributed by atoms with Crippen molar-refractivity contribution in [1.82, 2.24) is 5.32 Å². The maximum absolute atomic E-state index is 13.7. The van der Waals surface area contributed by atoms with Crippen LogP contribution in [0.4, 0.5) is 10.1 Å². The summed E-state index contributed by atoms with van der Waals surface area (Å²) < 4.78 is 13.7. The van der Waals surface area contributed by atoms with E-state index in [4.69, 9.17) is 0 Å². The van der Waals surface area contributed by atoms with Crippen LogP contribution < -0.4 is 10.2 Å². The summed E-state index contributed by atoms with van der Waals surface area (Å²) in [6, 6.07) is 6.01. The first-order valence-electron chi connectivity index (χ1n) is 6.71. The second-order valence-corrected chi connectivity index (χ2v) is 5.89. The molecule has 1 fully saturated rings. The predicted molar refractivity (Wildman–Crippen MR) is 74.6 cm³/mol. The Morgan fingerprint density at radius 1 is 1.44 bits per heavy atom. The zero-order valence-electron chi connectivity index (χ0n) is 11.8. The number of aryl methyl sites for hydroxylation is 1. The molecule has 0 bridgehead atoms. The van der Waals surface area contributed by atoms with Crippen molar-refractivity contribution in [3.8, 4) is 0 Å². The quantitative estimate of drug-likeness (QED) is 0.867. The molecule has 0 aromatic heterocycles. The van der Waals surface area contributed by atoms with Crippen molar-refractivity contribution in [2.24, 2.45) is 0 Å². The highest BCUT2D eigenvalue weighted by Gasteiger charge is 2.31. The van der Waals surface area contributed by atoms with Gasteiger partial charge in [-0.2, -0.15) is 0 Å². The Hall–Kier alpha value is -1.09. The molecule has 0 spiro atoms. The Balaban J connectivity index is 2.29. The van der Waals surface area contributed by atoms with Crippen LogP contribution in [0.3, 0.4) is 0 Å². The Bertz CT molecular complexity index is 429. The summed E-state index contributed by atoms with van der Waals surface area (Å²) in [6.45, 7) is 10.2. The molecular weight excluding hydrogens is 227 g/mol. The van der Waals surface area contributed by atoms with Crippen molar-refractivity contribution in [3.63, 3.8) is 0 Å². The summed E-state index contributed by atoms with van der Waals surface area (Å²) in [5.41, 5.74) is 1.79. The summed E-state index contributed by atoms with van der Waals surface area (Å²) in [6.07, 6.45) is 1.07. The molecule has 0 amide bonds. The first-order valence-corrected chi connectivity index (χ1v) is 6.71. The Morgan fingerprint density at radius 2 is 2.17 bits per heavy atom. The lowest BCUT2D eigenvalue weighted by Crippen LogP contribution is -2.61. The van der Waals surface area contributed by atoms with Gasteiger partial charge >= 0.3 is 0 Å². The van der Waals surface area contributed by atoms with Crippen LogP contribution in [-0.4, -0.2) is 24.7 Å². The number of rotatable bonds is 2. The van der Waals surface area contributed by atoms with Crippen LogP contribution in [0.25, 0.3) is 0 Å². The van der Waals surface area contributed by atoms with E-state index < -0.39 is 0 Å². The number of benzene rings is 1. The highest BCUT2D eigenvalue weighted by molar-refractivity contribution is 5.50. The van der Waals surface area contributed by atoms with Gasteiger partial charge in [-0.3, -0.25) is 0 Å². The third kappa shape index (κ3) is 2.66. The molecule has 1 aliphatic rings. The lowest BCUT2D eigenvalue weighted by molar-refractivity contribution is 0.306. The Labute approximate surface area is 109 Å². The van der Waals surface area contributed by atoms with Crippen molar-refractivity contribution < 1.29 is 4.39 Å². The third-order valence-electron chi connectivity index (χ3n) is 3.78. The Morgan fingerprint density at radius 3 is 2.78 bits per heavy atom. The van der Waals surface area contributed by atoms with Crippen molar-refractivity contribution >= 4 is 5.69 Å². The first kappa shape index (κ1) is 13.3. The second kappa shape index (κ2) is 4.88. The van der Waals surface area contributed by atoms with Crippen LogP contribution in [0.5, 0.6) is 0 Å². The van der Waals surface area contributed by atoms with Crippen LogP contribution in [0.15, 0.2) is 18.2 Å². The lowest BCUT2D eigenvalue weighted by atomic mass is 9.96. The minimum Gasteiger partial charge on any atom is -0.365 e. The molecule has 1 atom stereocenters. The van der Waals surface area contributed by atoms with Crippen molar-refractivity contribution in [3.05, 3.63) is 29.6 Å². The molecule has 0 aliphatic carbocycles. The fourth-order valence-corrected chi connectivity index (χ4v) is 2.54. The van der Waals surface area contributed by atoms with Crippen LogP contribution in [0.2, 0.25) is 0 Å². The van der Waals surface area contributed by atoms with Crippen LogP contribution in [0, 0.1) is 12.7 Å². The maximum atomic E-state index is 13.7. The number of nitrogens with zero attached hydrogens (tertiary/aromatic N) is 1. The van der Waals surface area contributed by atoms with Gasteiger partial charge in [-0.25, -0.2) is 4.39 Å². The van der Waals surface area contributed by atoms with Crippen LogP contribution >= 0.6 is 0 Å². The Kier molecular flexibility index (Phi) is 3.62. The third-order valence-corrected chi connectivity index (χ3v) is 3.78. The monoisotopic (exact) mass is 250 g/mol. The molecule has 1 aliphatic heterocycles. The van der Waals surface area contributed by atoms with Gasteiger partial charge in [0.2, 0.25) is 0 Å². The number of anilines is 1. The number of hydrogen-bond donors (Lipinski definition) is 1. The summed E-state index contributed by atoms with van der Waals surface area (Å²) in [5.74, 6) is -0.112. The zero-order chi connectivity index (χ0) is 13.3. The number of halogens is 1. The zero-order valence-corrected chi connectivity index (χ0v) is 11.8. The fraction of sp³-hybridized carbons (Fsp3) is 0.600. The number of nitrogens with one attached hydrogen (secondary N) is 1. The standard InChI is InChI=1S/C15H23FN2/c1-5-12-9-17-15(3,4)10-18(12)13-7-6-11(2)14(16)8-13/h6-8,12,17H,5,9-10H2,1-4H3. The lowest BCUT2D eigenvalue weighted by Gasteiger charge is -2.45. The van der Waals surface area contributed by atoms with E-state index in [9.17, 15) is 4.39 Å². The average molecular weight is 250 g/mol. The first-order chi connectivity index (χ1) is 8.43. The molecule has 1 heterocycles.